The molecule has 0 aromatic heterocycles. The largest absolute Gasteiger partial charge is 0.780 e. The first-order valence-corrected chi connectivity index (χ1v) is 10.5. The molecule has 0 amide bonds. The van der Waals surface area contributed by atoms with Crippen LogP contribution in [0.5, 0.6) is 5.75 Å². The lowest BCUT2D eigenvalue weighted by Crippen LogP contribution is -2.19. The summed E-state index contributed by atoms with van der Waals surface area (Å²) in [6, 6.07) is 9.80. The molecule has 0 radical (unpaired) electrons. The molecule has 2 aromatic carbocycles. The molecule has 0 bridgehead atoms. The van der Waals surface area contributed by atoms with Crippen LogP contribution in [0.4, 0.5) is 0 Å². The van der Waals surface area contributed by atoms with Crippen LogP contribution in [0.2, 0.25) is 0 Å². The fourth-order valence-electron chi connectivity index (χ4n) is 4.31. The summed E-state index contributed by atoms with van der Waals surface area (Å²) in [7, 11) is -5.10. The fourth-order valence-corrected chi connectivity index (χ4v) is 4.71. The first-order chi connectivity index (χ1) is 12.0. The van der Waals surface area contributed by atoms with Crippen LogP contribution in [0.25, 0.3) is 11.1 Å². The van der Waals surface area contributed by atoms with Crippen LogP contribution >= 0.6 is 7.82 Å². The number of phosphoric acid groups is 1. The van der Waals surface area contributed by atoms with Crippen molar-refractivity contribution in [3.8, 4) is 16.9 Å². The molecule has 0 aliphatic heterocycles. The Morgan fingerprint density at radius 3 is 2.16 bits per heavy atom. The standard InChI is InChI=1S/C20H23O4P/c21-25(22,23)24-19-13-12-15-7-2-4-10-17(15)20(19)18-11-5-8-14-6-1-3-9-16(14)18/h5,8,11-13H,1-4,6-7,9-10H2,(H2,21,22,23)/p-2. The van der Waals surface area contributed by atoms with Crippen LogP contribution < -0.4 is 14.3 Å². The van der Waals surface area contributed by atoms with Gasteiger partial charge in [-0.1, -0.05) is 24.3 Å². The second-order valence-corrected chi connectivity index (χ2v) is 8.05. The van der Waals surface area contributed by atoms with E-state index in [1.54, 1.807) is 6.07 Å². The third-order valence-electron chi connectivity index (χ3n) is 5.37. The normalized spacial score (nSPS) is 16.9. The van der Waals surface area contributed by atoms with Crippen molar-refractivity contribution in [1.29, 1.82) is 0 Å². The maximum Gasteiger partial charge on any atom is 0.132 e. The van der Waals surface area contributed by atoms with E-state index in [9.17, 15) is 14.4 Å². The maximum absolute atomic E-state index is 11.3. The topological polar surface area (TPSA) is 72.4 Å². The van der Waals surface area contributed by atoms with Crippen LogP contribution in [0, 0.1) is 0 Å². The number of hydrogen-bond acceptors (Lipinski definition) is 4. The molecule has 4 nitrogen and oxygen atoms in total. The van der Waals surface area contributed by atoms with Gasteiger partial charge in [-0.15, -0.1) is 0 Å². The molecule has 2 aliphatic carbocycles. The molecule has 0 fully saturated rings. The Balaban J connectivity index is 1.95. The molecular weight excluding hydrogens is 335 g/mol. The molecule has 0 unspecified atom stereocenters. The molecule has 4 rings (SSSR count). The van der Waals surface area contributed by atoms with Gasteiger partial charge in [-0.05, 0) is 85.3 Å². The number of rotatable bonds is 3. The highest BCUT2D eigenvalue weighted by molar-refractivity contribution is 7.43. The van der Waals surface area contributed by atoms with E-state index < -0.39 is 7.82 Å². The lowest BCUT2D eigenvalue weighted by Gasteiger charge is -2.32. The van der Waals surface area contributed by atoms with E-state index in [4.69, 9.17) is 4.52 Å². The third kappa shape index (κ3) is 3.39. The second kappa shape index (κ2) is 6.60. The highest BCUT2D eigenvalue weighted by atomic mass is 31.2. The predicted octanol–water partition coefficient (Wildman–Crippen LogP) is 3.32. The summed E-state index contributed by atoms with van der Waals surface area (Å²) in [6.45, 7) is 0. The Bertz CT molecular complexity index is 853. The van der Waals surface area contributed by atoms with Gasteiger partial charge in [-0.25, -0.2) is 0 Å². The van der Waals surface area contributed by atoms with Crippen molar-refractivity contribution in [1.82, 2.24) is 0 Å². The summed E-state index contributed by atoms with van der Waals surface area (Å²) >= 11 is 0. The van der Waals surface area contributed by atoms with E-state index >= 15 is 0 Å². The van der Waals surface area contributed by atoms with Crippen LogP contribution in [0.15, 0.2) is 30.3 Å². The van der Waals surface area contributed by atoms with Crippen molar-refractivity contribution in [3.05, 3.63) is 52.6 Å². The molecule has 25 heavy (non-hydrogen) atoms. The summed E-state index contributed by atoms with van der Waals surface area (Å²) in [5, 5.41) is 0. The highest BCUT2D eigenvalue weighted by Crippen LogP contribution is 2.45. The van der Waals surface area contributed by atoms with E-state index in [-0.39, 0.29) is 5.75 Å². The van der Waals surface area contributed by atoms with Gasteiger partial charge in [0.1, 0.15) is 13.6 Å². The van der Waals surface area contributed by atoms with Crippen LogP contribution in [0.1, 0.15) is 47.9 Å². The zero-order valence-electron chi connectivity index (χ0n) is 14.1. The quantitative estimate of drug-likeness (QED) is 0.791. The minimum atomic E-state index is -5.10. The summed E-state index contributed by atoms with van der Waals surface area (Å²) in [5.41, 5.74) is 6.87. The number of hydrogen-bond donors (Lipinski definition) is 0. The summed E-state index contributed by atoms with van der Waals surface area (Å²) in [6.07, 6.45) is 8.46. The van der Waals surface area contributed by atoms with E-state index in [1.807, 2.05) is 18.2 Å². The van der Waals surface area contributed by atoms with Crippen molar-refractivity contribution < 1.29 is 18.9 Å². The fraction of sp³-hybridized carbons (Fsp3) is 0.400. The Morgan fingerprint density at radius 1 is 0.800 bits per heavy atom. The van der Waals surface area contributed by atoms with Gasteiger partial charge in [0.2, 0.25) is 0 Å². The molecule has 0 N–H and O–H groups in total. The third-order valence-corrected chi connectivity index (χ3v) is 5.79. The number of benzene rings is 2. The molecule has 5 heteroatoms. The molecule has 0 heterocycles. The summed E-state index contributed by atoms with van der Waals surface area (Å²) in [4.78, 5) is 22.6. The van der Waals surface area contributed by atoms with Crippen molar-refractivity contribution in [2.45, 2.75) is 51.4 Å². The molecular formula is C20H21O4P-2. The average molecular weight is 356 g/mol. The van der Waals surface area contributed by atoms with Gasteiger partial charge in [0, 0.05) is 5.56 Å². The van der Waals surface area contributed by atoms with Crippen LogP contribution in [-0.4, -0.2) is 0 Å². The minimum absolute atomic E-state index is 0.188. The van der Waals surface area contributed by atoms with Gasteiger partial charge >= 0.3 is 0 Å². The first-order valence-electron chi connectivity index (χ1n) is 9.00. The zero-order valence-corrected chi connectivity index (χ0v) is 15.0. The molecule has 0 saturated carbocycles. The predicted molar refractivity (Wildman–Crippen MR) is 93.4 cm³/mol. The van der Waals surface area contributed by atoms with Crippen LogP contribution in [-0.2, 0) is 30.2 Å². The summed E-state index contributed by atoms with van der Waals surface area (Å²) < 4.78 is 16.2. The Morgan fingerprint density at radius 2 is 1.44 bits per heavy atom. The van der Waals surface area contributed by atoms with Gasteiger partial charge in [-0.3, -0.25) is 0 Å². The van der Waals surface area contributed by atoms with Crippen LogP contribution in [0.3, 0.4) is 0 Å². The van der Waals surface area contributed by atoms with Crippen molar-refractivity contribution in [2.24, 2.45) is 0 Å². The van der Waals surface area contributed by atoms with Gasteiger partial charge in [-0.2, -0.15) is 0 Å². The molecule has 0 spiro atoms. The molecule has 2 aliphatic rings. The lowest BCUT2D eigenvalue weighted by molar-refractivity contribution is -0.333. The SMILES string of the molecule is O=P([O-])([O-])Oc1ccc2c(c1-c1cccc3c1CCCC3)CCCC2. The van der Waals surface area contributed by atoms with Gasteiger partial charge in [0.25, 0.3) is 0 Å². The molecule has 132 valence electrons. The monoisotopic (exact) mass is 356 g/mol. The molecule has 0 saturated heterocycles. The van der Waals surface area contributed by atoms with Gasteiger partial charge in [0.15, 0.2) is 0 Å². The summed E-state index contributed by atoms with van der Waals surface area (Å²) in [5.74, 6) is 0.188. The maximum atomic E-state index is 11.3. The van der Waals surface area contributed by atoms with Crippen molar-refractivity contribution in [3.63, 3.8) is 0 Å². The zero-order chi connectivity index (χ0) is 17.4. The number of aryl methyl sites for hydroxylation is 2. The Kier molecular flexibility index (Phi) is 4.45. The molecule has 0 atom stereocenters. The number of fused-ring (bicyclic) bond motifs is 2. The number of phosphoric ester groups is 1. The minimum Gasteiger partial charge on any atom is -0.780 e. The smallest absolute Gasteiger partial charge is 0.132 e. The van der Waals surface area contributed by atoms with E-state index in [0.717, 1.165) is 61.6 Å². The first kappa shape index (κ1) is 16.8. The van der Waals surface area contributed by atoms with E-state index in [2.05, 4.69) is 6.07 Å². The molecule has 2 aromatic rings. The van der Waals surface area contributed by atoms with Crippen molar-refractivity contribution in [2.75, 3.05) is 0 Å². The van der Waals surface area contributed by atoms with E-state index in [0.29, 0.717) is 0 Å². The highest BCUT2D eigenvalue weighted by Gasteiger charge is 2.23. The van der Waals surface area contributed by atoms with E-state index in [1.165, 1.54) is 23.1 Å². The lowest BCUT2D eigenvalue weighted by atomic mass is 9.81. The average Bonchev–Trinajstić information content (AvgIpc) is 2.60. The van der Waals surface area contributed by atoms with Gasteiger partial charge in [0.05, 0.1) is 0 Å². The Hall–Kier alpha value is -1.61. The van der Waals surface area contributed by atoms with Crippen molar-refractivity contribution >= 4 is 7.82 Å². The van der Waals surface area contributed by atoms with Gasteiger partial charge < -0.3 is 18.9 Å². The second-order valence-electron chi connectivity index (χ2n) is 6.97. The Labute approximate surface area is 148 Å².